The molecule has 4 heterocycles. The molecule has 0 spiro atoms. The number of amides is 2. The lowest BCUT2D eigenvalue weighted by Crippen LogP contribution is -2.29. The summed E-state index contributed by atoms with van der Waals surface area (Å²) < 4.78 is 26.5. The molecular weight excluding hydrogens is 932 g/mol. The Balaban J connectivity index is 0.765. The maximum absolute atomic E-state index is 13.3. The highest BCUT2D eigenvalue weighted by Gasteiger charge is 2.32. The van der Waals surface area contributed by atoms with Gasteiger partial charge >= 0.3 is 0 Å². The van der Waals surface area contributed by atoms with E-state index in [1.807, 2.05) is 115 Å². The standard InChI is InChI=1S/C51H55ClN10O7S/c1-6-53-46(64)28-42-50-59-57-31(2)61(50)45-20-16-38(67-5)27-41(45)49(55-42)34-11-17-39(18-12-34)70-30-36(63)8-7-22-68-24-25-69-23-21-54-47(65)29-43-51-60-58-32(3)62(51)44-19-15-37(66-4)26-40(44)48(56-43)33-9-13-35(52)14-10-33/h9-20,26-27,42-43H,6-8,21-25,28-30H2,1-5H3,(H,53,64)(H,54,65)/t42-,43-/m0/s1. The van der Waals surface area contributed by atoms with Gasteiger partial charge in [0, 0.05) is 58.3 Å². The largest absolute Gasteiger partial charge is 0.497 e. The molecule has 19 heteroatoms. The molecule has 0 saturated carbocycles. The molecule has 2 aliphatic heterocycles. The monoisotopic (exact) mass is 986 g/mol. The van der Waals surface area contributed by atoms with Crippen molar-refractivity contribution < 1.29 is 33.3 Å². The Kier molecular flexibility index (Phi) is 16.5. The molecule has 6 aromatic rings. The first-order chi connectivity index (χ1) is 34.0. The van der Waals surface area contributed by atoms with Crippen molar-refractivity contribution in [1.82, 2.24) is 40.2 Å². The van der Waals surface area contributed by atoms with Crippen molar-refractivity contribution in [1.29, 1.82) is 0 Å². The van der Waals surface area contributed by atoms with Gasteiger partial charge in [-0.05, 0) is 87.9 Å². The van der Waals surface area contributed by atoms with Crippen LogP contribution in [0, 0.1) is 13.8 Å². The summed E-state index contributed by atoms with van der Waals surface area (Å²) in [4.78, 5) is 50.2. The first-order valence-corrected chi connectivity index (χ1v) is 24.5. The molecule has 2 aromatic heterocycles. The highest BCUT2D eigenvalue weighted by atomic mass is 35.5. The fraction of sp³-hybridized carbons (Fsp3) is 0.353. The first kappa shape index (κ1) is 49.7. The zero-order valence-corrected chi connectivity index (χ0v) is 41.3. The fourth-order valence-corrected chi connectivity index (χ4v) is 9.27. The predicted octanol–water partition coefficient (Wildman–Crippen LogP) is 7.13. The molecule has 0 saturated heterocycles. The quantitative estimate of drug-likeness (QED) is 0.0517. The van der Waals surface area contributed by atoms with Crippen LogP contribution in [0.1, 0.15) is 90.2 Å². The molecule has 0 unspecified atom stereocenters. The van der Waals surface area contributed by atoms with Crippen LogP contribution >= 0.6 is 23.4 Å². The van der Waals surface area contributed by atoms with Crippen LogP contribution in [0.25, 0.3) is 11.4 Å². The average molecular weight is 988 g/mol. The maximum Gasteiger partial charge on any atom is 0.222 e. The van der Waals surface area contributed by atoms with Gasteiger partial charge in [0.25, 0.3) is 0 Å². The van der Waals surface area contributed by atoms with E-state index in [0.717, 1.165) is 38.5 Å². The third-order valence-corrected chi connectivity index (χ3v) is 13.1. The minimum absolute atomic E-state index is 0.0460. The van der Waals surface area contributed by atoms with Gasteiger partial charge in [-0.3, -0.25) is 33.5 Å². The second-order valence-electron chi connectivity index (χ2n) is 16.5. The highest BCUT2D eigenvalue weighted by Crippen LogP contribution is 2.36. The summed E-state index contributed by atoms with van der Waals surface area (Å²) in [7, 11) is 3.24. The van der Waals surface area contributed by atoms with E-state index < -0.39 is 12.1 Å². The van der Waals surface area contributed by atoms with Gasteiger partial charge in [-0.2, -0.15) is 0 Å². The molecule has 4 aromatic carbocycles. The lowest BCUT2D eigenvalue weighted by Gasteiger charge is -2.14. The number of aromatic nitrogens is 6. The van der Waals surface area contributed by atoms with Crippen LogP contribution in [-0.2, 0) is 23.9 Å². The van der Waals surface area contributed by atoms with Gasteiger partial charge in [0.15, 0.2) is 11.6 Å². The van der Waals surface area contributed by atoms with Gasteiger partial charge in [-0.15, -0.1) is 32.2 Å². The number of benzene rings is 4. The van der Waals surface area contributed by atoms with Crippen LogP contribution in [0.2, 0.25) is 5.02 Å². The Hall–Kier alpha value is -6.73. The lowest BCUT2D eigenvalue weighted by molar-refractivity contribution is -0.122. The zero-order chi connectivity index (χ0) is 49.1. The number of hydrogen-bond acceptors (Lipinski definition) is 14. The van der Waals surface area contributed by atoms with Crippen molar-refractivity contribution in [2.45, 2.75) is 63.4 Å². The molecule has 17 nitrogen and oxygen atoms in total. The SMILES string of the molecule is CCNC(=O)C[C@@H]1N=C(c2ccc(SCC(=O)CCCOCCOCCNC(=O)C[C@@H]3N=C(c4ccc(Cl)cc4)c4cc(OC)ccc4-n4c(C)nnc43)cc2)c2cc(OC)ccc2-n2c(C)nnc21. The molecule has 0 fully saturated rings. The van der Waals surface area contributed by atoms with Gasteiger partial charge < -0.3 is 29.6 Å². The second kappa shape index (κ2) is 23.3. The number of carbonyl (C=O) groups excluding carboxylic acids is 3. The summed E-state index contributed by atoms with van der Waals surface area (Å²) >= 11 is 7.71. The number of methoxy groups -OCH3 is 2. The molecule has 2 N–H and O–H groups in total. The number of thioether (sulfide) groups is 1. The zero-order valence-electron chi connectivity index (χ0n) is 39.7. The van der Waals surface area contributed by atoms with Crippen LogP contribution in [0.15, 0.2) is 99.8 Å². The summed E-state index contributed by atoms with van der Waals surface area (Å²) in [5.41, 5.74) is 6.42. The van der Waals surface area contributed by atoms with Crippen LogP contribution in [0.4, 0.5) is 0 Å². The molecule has 0 radical (unpaired) electrons. The Labute approximate surface area is 415 Å². The summed E-state index contributed by atoms with van der Waals surface area (Å²) in [6.45, 7) is 7.89. The predicted molar refractivity (Wildman–Crippen MR) is 267 cm³/mol. The minimum Gasteiger partial charge on any atom is -0.497 e. The van der Waals surface area contributed by atoms with Crippen molar-refractivity contribution in [2.24, 2.45) is 9.98 Å². The summed E-state index contributed by atoms with van der Waals surface area (Å²) in [5, 5.41) is 24.0. The smallest absolute Gasteiger partial charge is 0.222 e. The lowest BCUT2D eigenvalue weighted by atomic mass is 10.00. The van der Waals surface area contributed by atoms with E-state index in [9.17, 15) is 14.4 Å². The van der Waals surface area contributed by atoms with E-state index in [1.54, 1.807) is 14.2 Å². The molecule has 70 heavy (non-hydrogen) atoms. The van der Waals surface area contributed by atoms with Crippen molar-refractivity contribution in [2.75, 3.05) is 59.5 Å². The van der Waals surface area contributed by atoms with Crippen LogP contribution in [0.5, 0.6) is 11.5 Å². The molecule has 2 amide bonds. The van der Waals surface area contributed by atoms with Crippen molar-refractivity contribution in [3.05, 3.63) is 136 Å². The van der Waals surface area contributed by atoms with Gasteiger partial charge in [0.2, 0.25) is 11.8 Å². The summed E-state index contributed by atoms with van der Waals surface area (Å²) in [6.07, 6.45) is 1.15. The number of aryl methyl sites for hydroxylation is 2. The Morgan fingerprint density at radius 1 is 0.657 bits per heavy atom. The van der Waals surface area contributed by atoms with Gasteiger partial charge in [-0.1, -0.05) is 35.9 Å². The molecular formula is C51H55ClN10O7S. The van der Waals surface area contributed by atoms with E-state index in [0.29, 0.717) is 109 Å². The average Bonchev–Trinajstić information content (AvgIpc) is 3.87. The Morgan fingerprint density at radius 2 is 1.17 bits per heavy atom. The first-order valence-electron chi connectivity index (χ1n) is 23.1. The van der Waals surface area contributed by atoms with Crippen LogP contribution < -0.4 is 20.1 Å². The van der Waals surface area contributed by atoms with Gasteiger partial charge in [-0.25, -0.2) is 0 Å². The number of fused-ring (bicyclic) bond motifs is 6. The van der Waals surface area contributed by atoms with Crippen molar-refractivity contribution in [3.8, 4) is 22.9 Å². The number of ether oxygens (including phenoxy) is 4. The maximum atomic E-state index is 13.3. The number of hydrogen-bond donors (Lipinski definition) is 2. The van der Waals surface area contributed by atoms with E-state index in [2.05, 4.69) is 31.0 Å². The number of rotatable bonds is 22. The fourth-order valence-electron chi connectivity index (χ4n) is 8.34. The highest BCUT2D eigenvalue weighted by molar-refractivity contribution is 8.00. The van der Waals surface area contributed by atoms with E-state index in [4.69, 9.17) is 40.5 Å². The van der Waals surface area contributed by atoms with Crippen molar-refractivity contribution in [3.63, 3.8) is 0 Å². The molecule has 0 aliphatic carbocycles. The number of nitrogens with zero attached hydrogens (tertiary/aromatic N) is 8. The molecule has 8 rings (SSSR count). The summed E-state index contributed by atoms with van der Waals surface area (Å²) in [5.74, 6) is 3.98. The molecule has 2 atom stereocenters. The number of ketones is 1. The van der Waals surface area contributed by atoms with Gasteiger partial charge in [0.05, 0.1) is 75.4 Å². The van der Waals surface area contributed by atoms with Crippen LogP contribution in [0.3, 0.4) is 0 Å². The van der Waals surface area contributed by atoms with E-state index >= 15 is 0 Å². The number of nitrogens with one attached hydrogen (secondary N) is 2. The third-order valence-electron chi connectivity index (χ3n) is 11.7. The topological polar surface area (TPSA) is 198 Å². The molecule has 2 aliphatic rings. The molecule has 0 bridgehead atoms. The number of halogens is 1. The van der Waals surface area contributed by atoms with Crippen LogP contribution in [-0.4, -0.2) is 118 Å². The second-order valence-corrected chi connectivity index (χ2v) is 18.0. The van der Waals surface area contributed by atoms with Crippen molar-refractivity contribution >= 4 is 52.4 Å². The number of aliphatic imine (C=N–C) groups is 2. The normalized spacial score (nSPS) is 14.7. The minimum atomic E-state index is -0.618. The Morgan fingerprint density at radius 3 is 1.70 bits per heavy atom. The van der Waals surface area contributed by atoms with E-state index in [1.165, 1.54) is 11.8 Å². The molecule has 364 valence electrons. The Bertz CT molecular complexity index is 2900. The summed E-state index contributed by atoms with van der Waals surface area (Å²) in [6, 6.07) is 25.7. The van der Waals surface area contributed by atoms with Gasteiger partial charge in [0.1, 0.15) is 41.0 Å². The third kappa shape index (κ3) is 11.6. The van der Waals surface area contributed by atoms with E-state index in [-0.39, 0.29) is 30.4 Å². The number of Topliss-reactive ketones (excluding diaryl/α,β-unsaturated/α-hetero) is 1. The number of carbonyl (C=O) groups is 3.